The molecule has 2 N–H and O–H groups in total. The number of likely N-dealkylation sites (tertiary alicyclic amines) is 1. The fraction of sp³-hybridized carbons (Fsp3) is 0.333. The molecular weight excluding hydrogens is 400 g/mol. The standard InChI is InChI=1S/C21H20N6O4/c28-21(16-7-15(24-25-16)12-3-4-17-18(6-12)30-11-29-17)27-9-14(10-27)20-23-19(26-31-20)13-2-1-5-22-8-13/h1-6,8,14-16,24-25H,7,9-11H2. The zero-order valence-electron chi connectivity index (χ0n) is 16.5. The average molecular weight is 420 g/mol. The first-order chi connectivity index (χ1) is 15.2. The number of carbonyl (C=O) groups is 1. The number of benzene rings is 1. The number of hydrazine groups is 1. The van der Waals surface area contributed by atoms with Gasteiger partial charge in [-0.25, -0.2) is 10.9 Å². The van der Waals surface area contributed by atoms with Crippen LogP contribution in [0, 0.1) is 0 Å². The van der Waals surface area contributed by atoms with Gasteiger partial charge in [0, 0.05) is 37.1 Å². The third-order valence-electron chi connectivity index (χ3n) is 5.90. The highest BCUT2D eigenvalue weighted by atomic mass is 16.7. The van der Waals surface area contributed by atoms with E-state index in [-0.39, 0.29) is 30.7 Å². The van der Waals surface area contributed by atoms with Crippen LogP contribution in [0.3, 0.4) is 0 Å². The number of hydrogen-bond acceptors (Lipinski definition) is 9. The summed E-state index contributed by atoms with van der Waals surface area (Å²) in [6, 6.07) is 9.31. The summed E-state index contributed by atoms with van der Waals surface area (Å²) in [4.78, 5) is 23.3. The van der Waals surface area contributed by atoms with E-state index in [1.54, 1.807) is 12.4 Å². The molecule has 0 aliphatic carbocycles. The van der Waals surface area contributed by atoms with Gasteiger partial charge >= 0.3 is 0 Å². The van der Waals surface area contributed by atoms with Crippen molar-refractivity contribution in [3.63, 3.8) is 0 Å². The van der Waals surface area contributed by atoms with Crippen molar-refractivity contribution in [2.45, 2.75) is 24.4 Å². The van der Waals surface area contributed by atoms with Crippen LogP contribution in [0.15, 0.2) is 47.2 Å². The summed E-state index contributed by atoms with van der Waals surface area (Å²) in [5.41, 5.74) is 8.22. The number of amides is 1. The molecule has 2 aromatic heterocycles. The minimum atomic E-state index is -0.287. The molecule has 2 fully saturated rings. The maximum atomic E-state index is 12.9. The molecule has 0 radical (unpaired) electrons. The predicted molar refractivity (Wildman–Crippen MR) is 107 cm³/mol. The van der Waals surface area contributed by atoms with E-state index >= 15 is 0 Å². The monoisotopic (exact) mass is 420 g/mol. The van der Waals surface area contributed by atoms with Crippen molar-refractivity contribution in [3.05, 3.63) is 54.2 Å². The summed E-state index contributed by atoms with van der Waals surface area (Å²) >= 11 is 0. The second kappa shape index (κ2) is 7.33. The van der Waals surface area contributed by atoms with E-state index in [9.17, 15) is 4.79 Å². The molecule has 158 valence electrons. The highest BCUT2D eigenvalue weighted by molar-refractivity contribution is 5.83. The minimum absolute atomic E-state index is 0.0264. The summed E-state index contributed by atoms with van der Waals surface area (Å²) in [7, 11) is 0. The molecule has 2 unspecified atom stereocenters. The number of nitrogens with zero attached hydrogens (tertiary/aromatic N) is 4. The van der Waals surface area contributed by atoms with Crippen molar-refractivity contribution in [1.82, 2.24) is 30.9 Å². The molecule has 0 spiro atoms. The van der Waals surface area contributed by atoms with Crippen molar-refractivity contribution >= 4 is 5.91 Å². The largest absolute Gasteiger partial charge is 0.454 e. The topological polar surface area (TPSA) is 115 Å². The number of carbonyl (C=O) groups excluding carboxylic acids is 1. The molecule has 2 saturated heterocycles. The molecule has 2 atom stereocenters. The van der Waals surface area contributed by atoms with Gasteiger partial charge in [0.15, 0.2) is 11.5 Å². The van der Waals surface area contributed by atoms with Crippen LogP contribution in [0.25, 0.3) is 11.4 Å². The molecule has 3 aromatic rings. The van der Waals surface area contributed by atoms with Gasteiger partial charge < -0.3 is 18.9 Å². The lowest BCUT2D eigenvalue weighted by Gasteiger charge is -2.38. The third kappa shape index (κ3) is 3.29. The smallest absolute Gasteiger partial charge is 0.241 e. The first-order valence-corrected chi connectivity index (χ1v) is 10.2. The van der Waals surface area contributed by atoms with Crippen LogP contribution in [0.4, 0.5) is 0 Å². The van der Waals surface area contributed by atoms with Crippen molar-refractivity contribution in [2.24, 2.45) is 0 Å². The van der Waals surface area contributed by atoms with Gasteiger partial charge in [-0.05, 0) is 36.2 Å². The van der Waals surface area contributed by atoms with Gasteiger partial charge in [-0.2, -0.15) is 4.98 Å². The minimum Gasteiger partial charge on any atom is -0.454 e. The van der Waals surface area contributed by atoms with Gasteiger partial charge in [0.1, 0.15) is 6.04 Å². The molecule has 3 aliphatic rings. The Balaban J connectivity index is 1.06. The third-order valence-corrected chi connectivity index (χ3v) is 5.90. The number of nitrogens with one attached hydrogen (secondary N) is 2. The molecule has 5 heterocycles. The van der Waals surface area contributed by atoms with Crippen molar-refractivity contribution in [1.29, 1.82) is 0 Å². The molecule has 0 bridgehead atoms. The van der Waals surface area contributed by atoms with E-state index < -0.39 is 0 Å². The highest BCUT2D eigenvalue weighted by Crippen LogP contribution is 2.36. The average Bonchev–Trinajstić information content (AvgIpc) is 3.52. The van der Waals surface area contributed by atoms with Gasteiger partial charge in [-0.15, -0.1) is 0 Å². The summed E-state index contributed by atoms with van der Waals surface area (Å²) in [6.45, 7) is 1.39. The van der Waals surface area contributed by atoms with Crippen molar-refractivity contribution in [3.8, 4) is 22.9 Å². The lowest BCUT2D eigenvalue weighted by molar-refractivity contribution is -0.138. The lowest BCUT2D eigenvalue weighted by atomic mass is 9.96. The van der Waals surface area contributed by atoms with Gasteiger partial charge in [0.25, 0.3) is 0 Å². The summed E-state index contributed by atoms with van der Waals surface area (Å²) < 4.78 is 16.2. The second-order valence-electron chi connectivity index (χ2n) is 7.88. The van der Waals surface area contributed by atoms with E-state index in [1.807, 2.05) is 35.2 Å². The Kier molecular flexibility index (Phi) is 4.32. The van der Waals surface area contributed by atoms with E-state index in [2.05, 4.69) is 26.0 Å². The van der Waals surface area contributed by atoms with Crippen LogP contribution in [0.2, 0.25) is 0 Å². The van der Waals surface area contributed by atoms with Crippen LogP contribution in [0.5, 0.6) is 11.5 Å². The number of pyridine rings is 1. The Bertz CT molecular complexity index is 1110. The van der Waals surface area contributed by atoms with Gasteiger partial charge in [0.2, 0.25) is 24.4 Å². The zero-order valence-corrected chi connectivity index (χ0v) is 16.5. The fourth-order valence-corrected chi connectivity index (χ4v) is 4.11. The van der Waals surface area contributed by atoms with E-state index in [1.165, 1.54) is 0 Å². The Hall–Kier alpha value is -3.50. The summed E-state index contributed by atoms with van der Waals surface area (Å²) in [6.07, 6.45) is 4.05. The van der Waals surface area contributed by atoms with Crippen molar-refractivity contribution in [2.75, 3.05) is 19.9 Å². The molecule has 3 aliphatic heterocycles. The van der Waals surface area contributed by atoms with E-state index in [4.69, 9.17) is 14.0 Å². The van der Waals surface area contributed by atoms with Crippen LogP contribution >= 0.6 is 0 Å². The molecule has 10 nitrogen and oxygen atoms in total. The molecular formula is C21H20N6O4. The lowest BCUT2D eigenvalue weighted by Crippen LogP contribution is -2.54. The molecule has 1 aromatic carbocycles. The van der Waals surface area contributed by atoms with Gasteiger partial charge in [-0.1, -0.05) is 11.2 Å². The Morgan fingerprint density at radius 1 is 1.13 bits per heavy atom. The quantitative estimate of drug-likeness (QED) is 0.646. The highest BCUT2D eigenvalue weighted by Gasteiger charge is 2.40. The Morgan fingerprint density at radius 2 is 2.03 bits per heavy atom. The van der Waals surface area contributed by atoms with Crippen LogP contribution in [-0.4, -0.2) is 51.9 Å². The maximum absolute atomic E-state index is 12.9. The number of aromatic nitrogens is 3. The SMILES string of the molecule is O=C(C1CC(c2ccc3c(c2)OCO3)NN1)N1CC(c2nc(-c3cccnc3)no2)C1. The van der Waals surface area contributed by atoms with Gasteiger partial charge in [-0.3, -0.25) is 9.78 Å². The predicted octanol–water partition coefficient (Wildman–Crippen LogP) is 1.39. The Labute approximate surface area is 177 Å². The Morgan fingerprint density at radius 3 is 2.90 bits per heavy atom. The number of ether oxygens (including phenoxy) is 2. The first kappa shape index (κ1) is 18.3. The normalized spacial score (nSPS) is 22.5. The molecule has 6 rings (SSSR count). The van der Waals surface area contributed by atoms with Crippen LogP contribution < -0.4 is 20.3 Å². The van der Waals surface area contributed by atoms with Crippen molar-refractivity contribution < 1.29 is 18.8 Å². The molecule has 0 saturated carbocycles. The fourth-order valence-electron chi connectivity index (χ4n) is 4.11. The summed E-state index contributed by atoms with van der Waals surface area (Å²) in [5, 5.41) is 4.03. The summed E-state index contributed by atoms with van der Waals surface area (Å²) in [5.74, 6) is 2.69. The molecule has 10 heteroatoms. The second-order valence-corrected chi connectivity index (χ2v) is 7.88. The number of hydrogen-bond donors (Lipinski definition) is 2. The van der Waals surface area contributed by atoms with Crippen LogP contribution in [-0.2, 0) is 4.79 Å². The van der Waals surface area contributed by atoms with Crippen LogP contribution in [0.1, 0.15) is 29.8 Å². The number of rotatable bonds is 4. The van der Waals surface area contributed by atoms with E-state index in [0.717, 1.165) is 22.6 Å². The molecule has 31 heavy (non-hydrogen) atoms. The molecule has 1 amide bonds. The van der Waals surface area contributed by atoms with E-state index in [0.29, 0.717) is 31.2 Å². The zero-order chi connectivity index (χ0) is 20.8. The van der Waals surface area contributed by atoms with Gasteiger partial charge in [0.05, 0.1) is 5.92 Å². The number of fused-ring (bicyclic) bond motifs is 1. The maximum Gasteiger partial charge on any atom is 0.241 e. The first-order valence-electron chi connectivity index (χ1n) is 10.2.